The van der Waals surface area contributed by atoms with Gasteiger partial charge in [-0.05, 0) is 30.4 Å². The summed E-state index contributed by atoms with van der Waals surface area (Å²) in [6.45, 7) is 0. The number of nitrogens with zero attached hydrogens (tertiary/aromatic N) is 3. The Labute approximate surface area is 97.8 Å². The van der Waals surface area contributed by atoms with E-state index in [4.69, 9.17) is 18.0 Å². The molecule has 80 valence electrons. The average Bonchev–Trinajstić information content (AvgIpc) is 2.30. The quantitative estimate of drug-likeness (QED) is 0.756. The number of pyridine rings is 1. The van der Waals surface area contributed by atoms with Crippen molar-refractivity contribution in [1.82, 2.24) is 15.0 Å². The molecule has 5 nitrogen and oxygen atoms in total. The third-order valence-corrected chi connectivity index (χ3v) is 1.92. The molecule has 0 fully saturated rings. The van der Waals surface area contributed by atoms with Gasteiger partial charge in [-0.2, -0.15) is 0 Å². The Morgan fingerprint density at radius 3 is 2.69 bits per heavy atom. The standard InChI is InChI=1S/C10H9N5S/c11-9(16)15-10-13-6-4-8(14-10)7-3-1-2-5-12-7/h1-6H,(H3,11,13,14,15,16). The van der Waals surface area contributed by atoms with E-state index in [1.165, 1.54) is 0 Å². The van der Waals surface area contributed by atoms with Crippen LogP contribution < -0.4 is 11.1 Å². The van der Waals surface area contributed by atoms with Gasteiger partial charge in [0.25, 0.3) is 0 Å². The number of hydrogen-bond donors (Lipinski definition) is 2. The molecular weight excluding hydrogens is 222 g/mol. The Kier molecular flexibility index (Phi) is 3.02. The van der Waals surface area contributed by atoms with E-state index in [1.54, 1.807) is 18.5 Å². The first-order valence-corrected chi connectivity index (χ1v) is 4.97. The molecule has 0 aromatic carbocycles. The fourth-order valence-electron chi connectivity index (χ4n) is 1.19. The van der Waals surface area contributed by atoms with Crippen LogP contribution in [0.3, 0.4) is 0 Å². The molecular formula is C10H9N5S. The zero-order valence-electron chi connectivity index (χ0n) is 8.29. The largest absolute Gasteiger partial charge is 0.376 e. The fourth-order valence-corrected chi connectivity index (χ4v) is 1.28. The molecule has 0 radical (unpaired) electrons. The van der Waals surface area contributed by atoms with Gasteiger partial charge in [-0.25, -0.2) is 9.97 Å². The molecule has 0 spiro atoms. The second-order valence-electron chi connectivity index (χ2n) is 2.97. The van der Waals surface area contributed by atoms with Crippen LogP contribution in [0.4, 0.5) is 5.95 Å². The number of nitrogens with one attached hydrogen (secondary N) is 1. The lowest BCUT2D eigenvalue weighted by molar-refractivity contribution is 1.16. The lowest BCUT2D eigenvalue weighted by atomic mass is 10.3. The zero-order chi connectivity index (χ0) is 11.4. The second-order valence-corrected chi connectivity index (χ2v) is 3.41. The summed E-state index contributed by atoms with van der Waals surface area (Å²) in [4.78, 5) is 12.4. The summed E-state index contributed by atoms with van der Waals surface area (Å²) in [7, 11) is 0. The molecule has 0 aliphatic rings. The van der Waals surface area contributed by atoms with Gasteiger partial charge >= 0.3 is 0 Å². The number of nitrogens with two attached hydrogens (primary N) is 1. The number of aromatic nitrogens is 3. The molecule has 2 aromatic rings. The molecule has 0 aliphatic carbocycles. The minimum Gasteiger partial charge on any atom is -0.376 e. The second kappa shape index (κ2) is 4.63. The fraction of sp³-hybridized carbons (Fsp3) is 0. The number of hydrogen-bond acceptors (Lipinski definition) is 4. The van der Waals surface area contributed by atoms with Crippen LogP contribution in [0, 0.1) is 0 Å². The number of rotatable bonds is 2. The molecule has 3 N–H and O–H groups in total. The zero-order valence-corrected chi connectivity index (χ0v) is 9.11. The van der Waals surface area contributed by atoms with Gasteiger partial charge in [0.05, 0.1) is 11.4 Å². The highest BCUT2D eigenvalue weighted by atomic mass is 32.1. The summed E-state index contributed by atoms with van der Waals surface area (Å²) in [5.41, 5.74) is 6.83. The Bertz CT molecular complexity index is 500. The van der Waals surface area contributed by atoms with E-state index in [2.05, 4.69) is 20.3 Å². The van der Waals surface area contributed by atoms with E-state index in [-0.39, 0.29) is 5.11 Å². The molecule has 0 unspecified atom stereocenters. The highest BCUT2D eigenvalue weighted by Crippen LogP contribution is 2.13. The predicted molar refractivity (Wildman–Crippen MR) is 65.7 cm³/mol. The third-order valence-electron chi connectivity index (χ3n) is 1.82. The number of thiocarbonyl (C=S) groups is 1. The van der Waals surface area contributed by atoms with E-state index in [0.717, 1.165) is 5.69 Å². The van der Waals surface area contributed by atoms with Crippen LogP contribution >= 0.6 is 12.2 Å². The predicted octanol–water partition coefficient (Wildman–Crippen LogP) is 1.19. The topological polar surface area (TPSA) is 76.7 Å². The summed E-state index contributed by atoms with van der Waals surface area (Å²) in [5.74, 6) is 0.371. The molecule has 2 rings (SSSR count). The molecule has 0 bridgehead atoms. The van der Waals surface area contributed by atoms with Gasteiger partial charge in [-0.15, -0.1) is 0 Å². The van der Waals surface area contributed by atoms with Crippen LogP contribution in [0.1, 0.15) is 0 Å². The lowest BCUT2D eigenvalue weighted by Gasteiger charge is -2.03. The van der Waals surface area contributed by atoms with Crippen molar-refractivity contribution in [1.29, 1.82) is 0 Å². The minimum atomic E-state index is 0.137. The molecule has 0 saturated heterocycles. The van der Waals surface area contributed by atoms with Crippen LogP contribution in [-0.4, -0.2) is 20.1 Å². The van der Waals surface area contributed by atoms with Crippen LogP contribution in [0.2, 0.25) is 0 Å². The Balaban J connectivity index is 2.33. The average molecular weight is 231 g/mol. The molecule has 2 aromatic heterocycles. The number of anilines is 1. The van der Waals surface area contributed by atoms with E-state index >= 15 is 0 Å². The maximum absolute atomic E-state index is 5.34. The molecule has 0 atom stereocenters. The smallest absolute Gasteiger partial charge is 0.229 e. The monoisotopic (exact) mass is 231 g/mol. The van der Waals surface area contributed by atoms with Crippen molar-refractivity contribution in [3.8, 4) is 11.4 Å². The Morgan fingerprint density at radius 1 is 1.12 bits per heavy atom. The van der Waals surface area contributed by atoms with Gasteiger partial charge in [-0.1, -0.05) is 6.07 Å². The lowest BCUT2D eigenvalue weighted by Crippen LogP contribution is -2.20. The first kappa shape index (κ1) is 10.4. The normalized spacial score (nSPS) is 9.75. The van der Waals surface area contributed by atoms with E-state index < -0.39 is 0 Å². The van der Waals surface area contributed by atoms with Crippen molar-refractivity contribution in [3.05, 3.63) is 36.7 Å². The summed E-state index contributed by atoms with van der Waals surface area (Å²) >= 11 is 4.71. The van der Waals surface area contributed by atoms with Crippen LogP contribution in [0.15, 0.2) is 36.7 Å². The van der Waals surface area contributed by atoms with Gasteiger partial charge in [-0.3, -0.25) is 4.98 Å². The first-order valence-electron chi connectivity index (χ1n) is 4.56. The molecule has 0 saturated carbocycles. The third kappa shape index (κ3) is 2.48. The van der Waals surface area contributed by atoms with Gasteiger partial charge in [0, 0.05) is 12.4 Å². The SMILES string of the molecule is NC(=S)Nc1nccc(-c2ccccn2)n1. The maximum Gasteiger partial charge on any atom is 0.229 e. The van der Waals surface area contributed by atoms with Crippen molar-refractivity contribution in [2.75, 3.05) is 5.32 Å². The van der Waals surface area contributed by atoms with E-state index in [1.807, 2.05) is 18.2 Å². The van der Waals surface area contributed by atoms with Crippen LogP contribution in [0.5, 0.6) is 0 Å². The molecule has 0 aliphatic heterocycles. The molecule has 6 heteroatoms. The van der Waals surface area contributed by atoms with Crippen molar-refractivity contribution in [2.45, 2.75) is 0 Å². The highest BCUT2D eigenvalue weighted by Gasteiger charge is 2.02. The van der Waals surface area contributed by atoms with Crippen molar-refractivity contribution in [3.63, 3.8) is 0 Å². The van der Waals surface area contributed by atoms with Gasteiger partial charge in [0.1, 0.15) is 0 Å². The summed E-state index contributed by atoms with van der Waals surface area (Å²) in [6.07, 6.45) is 3.33. The molecule has 0 amide bonds. The van der Waals surface area contributed by atoms with Crippen LogP contribution in [0.25, 0.3) is 11.4 Å². The highest BCUT2D eigenvalue weighted by molar-refractivity contribution is 7.80. The maximum atomic E-state index is 5.34. The van der Waals surface area contributed by atoms with Gasteiger partial charge in [0.2, 0.25) is 5.95 Å². The van der Waals surface area contributed by atoms with Crippen molar-refractivity contribution >= 4 is 23.3 Å². The first-order chi connectivity index (χ1) is 7.75. The van der Waals surface area contributed by atoms with Crippen LogP contribution in [-0.2, 0) is 0 Å². The van der Waals surface area contributed by atoms with Crippen molar-refractivity contribution < 1.29 is 0 Å². The molecule has 2 heterocycles. The van der Waals surface area contributed by atoms with Gasteiger partial charge < -0.3 is 11.1 Å². The van der Waals surface area contributed by atoms with Gasteiger partial charge in [0.15, 0.2) is 5.11 Å². The summed E-state index contributed by atoms with van der Waals surface area (Å²) < 4.78 is 0. The van der Waals surface area contributed by atoms with E-state index in [0.29, 0.717) is 11.6 Å². The molecule has 16 heavy (non-hydrogen) atoms. The summed E-state index contributed by atoms with van der Waals surface area (Å²) in [6, 6.07) is 7.38. The Hall–Kier alpha value is -2.08. The minimum absolute atomic E-state index is 0.137. The Morgan fingerprint density at radius 2 is 2.00 bits per heavy atom. The summed E-state index contributed by atoms with van der Waals surface area (Å²) in [5, 5.41) is 2.81. The van der Waals surface area contributed by atoms with Crippen molar-refractivity contribution in [2.24, 2.45) is 5.73 Å². The van der Waals surface area contributed by atoms with E-state index in [9.17, 15) is 0 Å².